The van der Waals surface area contributed by atoms with Gasteiger partial charge in [0.05, 0.1) is 29.3 Å². The lowest BCUT2D eigenvalue weighted by molar-refractivity contribution is 0.0472. The van der Waals surface area contributed by atoms with E-state index in [0.717, 1.165) is 4.47 Å². The van der Waals surface area contributed by atoms with E-state index in [1.807, 2.05) is 0 Å². The molecule has 19 heavy (non-hydrogen) atoms. The SMILES string of the molecule is CC(O)CN(C(=O)c1cc(Br)ccc1Cl)C(C)CO. The van der Waals surface area contributed by atoms with Crippen molar-refractivity contribution in [1.29, 1.82) is 0 Å². The summed E-state index contributed by atoms with van der Waals surface area (Å²) in [5, 5.41) is 19.0. The quantitative estimate of drug-likeness (QED) is 0.856. The van der Waals surface area contributed by atoms with Crippen molar-refractivity contribution in [1.82, 2.24) is 4.90 Å². The zero-order valence-electron chi connectivity index (χ0n) is 10.8. The molecular weight excluding hydrogens is 334 g/mol. The minimum absolute atomic E-state index is 0.142. The van der Waals surface area contributed by atoms with Crippen molar-refractivity contribution in [3.8, 4) is 0 Å². The van der Waals surface area contributed by atoms with Gasteiger partial charge in [-0.15, -0.1) is 0 Å². The van der Waals surface area contributed by atoms with Crippen LogP contribution in [0.4, 0.5) is 0 Å². The van der Waals surface area contributed by atoms with E-state index >= 15 is 0 Å². The highest BCUT2D eigenvalue weighted by Gasteiger charge is 2.24. The van der Waals surface area contributed by atoms with E-state index in [4.69, 9.17) is 11.6 Å². The third-order valence-electron chi connectivity index (χ3n) is 2.68. The lowest BCUT2D eigenvalue weighted by Gasteiger charge is -2.29. The molecule has 4 nitrogen and oxygen atoms in total. The molecule has 1 aromatic rings. The standard InChI is InChI=1S/C13H17BrClNO3/c1-8(7-17)16(6-9(2)18)13(19)11-5-10(14)3-4-12(11)15/h3-5,8-9,17-18H,6-7H2,1-2H3. The number of hydrogen-bond acceptors (Lipinski definition) is 3. The van der Waals surface area contributed by atoms with Crippen molar-refractivity contribution in [2.75, 3.05) is 13.2 Å². The van der Waals surface area contributed by atoms with Gasteiger partial charge in [0.15, 0.2) is 0 Å². The molecule has 2 unspecified atom stereocenters. The minimum atomic E-state index is -0.677. The smallest absolute Gasteiger partial charge is 0.255 e. The average Bonchev–Trinajstić information content (AvgIpc) is 2.37. The molecule has 0 aliphatic carbocycles. The Labute approximate surface area is 126 Å². The normalized spacial score (nSPS) is 14.0. The summed E-state index contributed by atoms with van der Waals surface area (Å²) in [5.41, 5.74) is 0.344. The molecule has 0 radical (unpaired) electrons. The summed E-state index contributed by atoms with van der Waals surface area (Å²) in [5.74, 6) is -0.311. The van der Waals surface area contributed by atoms with Gasteiger partial charge in [0.2, 0.25) is 0 Å². The number of carbonyl (C=O) groups is 1. The van der Waals surface area contributed by atoms with Crippen molar-refractivity contribution in [2.24, 2.45) is 0 Å². The Bertz CT molecular complexity index is 454. The topological polar surface area (TPSA) is 60.8 Å². The molecule has 2 atom stereocenters. The number of benzene rings is 1. The molecule has 0 saturated heterocycles. The van der Waals surface area contributed by atoms with Gasteiger partial charge in [-0.2, -0.15) is 0 Å². The summed E-state index contributed by atoms with van der Waals surface area (Å²) in [6.45, 7) is 3.27. The maximum absolute atomic E-state index is 12.5. The van der Waals surface area contributed by atoms with Crippen molar-refractivity contribution in [3.63, 3.8) is 0 Å². The number of aliphatic hydroxyl groups excluding tert-OH is 2. The molecule has 0 fully saturated rings. The molecule has 2 N–H and O–H groups in total. The van der Waals surface area contributed by atoms with Crippen LogP contribution in [0.25, 0.3) is 0 Å². The molecule has 0 aliphatic heterocycles. The van der Waals surface area contributed by atoms with Gasteiger partial charge < -0.3 is 15.1 Å². The van der Waals surface area contributed by atoms with Gasteiger partial charge in [-0.05, 0) is 32.0 Å². The van der Waals surface area contributed by atoms with Gasteiger partial charge >= 0.3 is 0 Å². The maximum atomic E-state index is 12.5. The lowest BCUT2D eigenvalue weighted by atomic mass is 10.1. The third kappa shape index (κ3) is 4.45. The fourth-order valence-electron chi connectivity index (χ4n) is 1.66. The van der Waals surface area contributed by atoms with Crippen molar-refractivity contribution < 1.29 is 15.0 Å². The Morgan fingerprint density at radius 3 is 2.63 bits per heavy atom. The summed E-state index contributed by atoms with van der Waals surface area (Å²) in [7, 11) is 0. The van der Waals surface area contributed by atoms with Crippen LogP contribution in [-0.4, -0.2) is 46.3 Å². The molecule has 0 spiro atoms. The summed E-state index contributed by atoms with van der Waals surface area (Å²) >= 11 is 9.32. The van der Waals surface area contributed by atoms with Gasteiger partial charge in [0.25, 0.3) is 5.91 Å². The van der Waals surface area contributed by atoms with Crippen LogP contribution in [0.3, 0.4) is 0 Å². The van der Waals surface area contributed by atoms with E-state index in [9.17, 15) is 15.0 Å². The van der Waals surface area contributed by atoms with Crippen LogP contribution in [0.15, 0.2) is 22.7 Å². The number of aliphatic hydroxyl groups is 2. The highest BCUT2D eigenvalue weighted by Crippen LogP contribution is 2.23. The van der Waals surface area contributed by atoms with Crippen LogP contribution in [0.5, 0.6) is 0 Å². The molecule has 1 aromatic carbocycles. The first-order valence-electron chi connectivity index (χ1n) is 5.91. The Kier molecular flexibility index (Phi) is 6.26. The second-order valence-corrected chi connectivity index (χ2v) is 5.79. The minimum Gasteiger partial charge on any atom is -0.394 e. The monoisotopic (exact) mass is 349 g/mol. The van der Waals surface area contributed by atoms with Crippen LogP contribution >= 0.6 is 27.5 Å². The molecule has 0 bridgehead atoms. The Hall–Kier alpha value is -0.620. The Morgan fingerprint density at radius 2 is 2.11 bits per heavy atom. The molecule has 0 saturated carbocycles. The van der Waals surface area contributed by atoms with Gasteiger partial charge in [-0.1, -0.05) is 27.5 Å². The fourth-order valence-corrected chi connectivity index (χ4v) is 2.22. The third-order valence-corrected chi connectivity index (χ3v) is 3.50. The van der Waals surface area contributed by atoms with Gasteiger partial charge in [-0.25, -0.2) is 0 Å². The number of hydrogen-bond donors (Lipinski definition) is 2. The summed E-state index contributed by atoms with van der Waals surface area (Å²) in [4.78, 5) is 13.9. The van der Waals surface area contributed by atoms with Crippen molar-refractivity contribution in [2.45, 2.75) is 26.0 Å². The van der Waals surface area contributed by atoms with E-state index < -0.39 is 12.1 Å². The molecule has 106 valence electrons. The first-order chi connectivity index (χ1) is 8.86. The zero-order chi connectivity index (χ0) is 14.6. The highest BCUT2D eigenvalue weighted by molar-refractivity contribution is 9.10. The van der Waals surface area contributed by atoms with E-state index in [0.29, 0.717) is 10.6 Å². The maximum Gasteiger partial charge on any atom is 0.255 e. The molecule has 0 aliphatic rings. The Balaban J connectivity index is 3.07. The number of halogens is 2. The van der Waals surface area contributed by atoms with Crippen LogP contribution in [0, 0.1) is 0 Å². The molecule has 0 aromatic heterocycles. The predicted octanol–water partition coefficient (Wildman–Crippen LogP) is 2.31. The molecule has 6 heteroatoms. The van der Waals surface area contributed by atoms with Crippen LogP contribution in [0.1, 0.15) is 24.2 Å². The van der Waals surface area contributed by atoms with Gasteiger partial charge in [0.1, 0.15) is 0 Å². The number of rotatable bonds is 5. The van der Waals surface area contributed by atoms with E-state index in [1.165, 1.54) is 4.90 Å². The lowest BCUT2D eigenvalue weighted by Crippen LogP contribution is -2.44. The van der Waals surface area contributed by atoms with Crippen molar-refractivity contribution >= 4 is 33.4 Å². The average molecular weight is 351 g/mol. The summed E-state index contributed by atoms with van der Waals surface area (Å²) in [6, 6.07) is 4.61. The highest BCUT2D eigenvalue weighted by atomic mass is 79.9. The summed E-state index contributed by atoms with van der Waals surface area (Å²) < 4.78 is 0.744. The van der Waals surface area contributed by atoms with Crippen LogP contribution < -0.4 is 0 Å². The molecule has 1 rings (SSSR count). The van der Waals surface area contributed by atoms with Crippen LogP contribution in [-0.2, 0) is 0 Å². The van der Waals surface area contributed by atoms with Crippen LogP contribution in [0.2, 0.25) is 5.02 Å². The Morgan fingerprint density at radius 1 is 1.47 bits per heavy atom. The molecular formula is C13H17BrClNO3. The zero-order valence-corrected chi connectivity index (χ0v) is 13.1. The molecule has 0 heterocycles. The number of nitrogens with zero attached hydrogens (tertiary/aromatic N) is 1. The van der Waals surface area contributed by atoms with E-state index in [2.05, 4.69) is 15.9 Å². The first kappa shape index (κ1) is 16.4. The van der Waals surface area contributed by atoms with E-state index in [1.54, 1.807) is 32.0 Å². The predicted molar refractivity (Wildman–Crippen MR) is 78.4 cm³/mol. The molecule has 1 amide bonds. The number of carbonyl (C=O) groups excluding carboxylic acids is 1. The van der Waals surface area contributed by atoms with Gasteiger partial charge in [0, 0.05) is 11.0 Å². The van der Waals surface area contributed by atoms with E-state index in [-0.39, 0.29) is 19.1 Å². The van der Waals surface area contributed by atoms with Crippen molar-refractivity contribution in [3.05, 3.63) is 33.3 Å². The summed E-state index contributed by atoms with van der Waals surface area (Å²) in [6.07, 6.45) is -0.677. The first-order valence-corrected chi connectivity index (χ1v) is 7.08. The number of amides is 1. The second kappa shape index (κ2) is 7.24. The largest absolute Gasteiger partial charge is 0.394 e. The van der Waals surface area contributed by atoms with Gasteiger partial charge in [-0.3, -0.25) is 4.79 Å². The fraction of sp³-hybridized carbons (Fsp3) is 0.462. The second-order valence-electron chi connectivity index (χ2n) is 4.46.